The number of carbonyl (C=O) groups excluding carboxylic acids is 2. The van der Waals surface area contributed by atoms with Crippen LogP contribution in [0.4, 0.5) is 0 Å². The van der Waals surface area contributed by atoms with E-state index in [9.17, 15) is 9.59 Å². The molecular formula is C14H19Cl3N4O7. The summed E-state index contributed by atoms with van der Waals surface area (Å²) in [5, 5.41) is 11.1. The number of ether oxygens (including phenoxy) is 5. The van der Waals surface area contributed by atoms with Crippen LogP contribution in [0, 0.1) is 5.41 Å². The standard InChI is InChI=1S/C14H19Cl3N4O7/c1-6-9(26-7(2)22)10(24-5-4-20-21-19)11(27-8(3)23)12(25-6)28-13(18)14(15,16)17/h6,9-12,18H,4-5H2,1-3H3/t6-,9-,10+,11-,12-/m1/s1. The predicted octanol–water partition coefficient (Wildman–Crippen LogP) is 2.65. The Kier molecular flexibility index (Phi) is 9.55. The van der Waals surface area contributed by atoms with Gasteiger partial charge in [-0.25, -0.2) is 0 Å². The molecule has 0 aliphatic carbocycles. The van der Waals surface area contributed by atoms with Gasteiger partial charge in [0.2, 0.25) is 12.2 Å². The molecule has 5 atom stereocenters. The summed E-state index contributed by atoms with van der Waals surface area (Å²) in [6.45, 7) is 3.76. The van der Waals surface area contributed by atoms with Crippen LogP contribution >= 0.6 is 34.8 Å². The van der Waals surface area contributed by atoms with Crippen LogP contribution in [0.3, 0.4) is 0 Å². The lowest BCUT2D eigenvalue weighted by molar-refractivity contribution is -0.288. The molecule has 1 N–H and O–H groups in total. The Hall–Kier alpha value is -1.49. The van der Waals surface area contributed by atoms with Gasteiger partial charge >= 0.3 is 11.9 Å². The van der Waals surface area contributed by atoms with Crippen LogP contribution in [0.25, 0.3) is 10.4 Å². The van der Waals surface area contributed by atoms with Crippen molar-refractivity contribution in [3.05, 3.63) is 10.4 Å². The number of azide groups is 1. The van der Waals surface area contributed by atoms with E-state index in [1.807, 2.05) is 0 Å². The monoisotopic (exact) mass is 460 g/mol. The molecule has 0 aromatic rings. The average Bonchev–Trinajstić information content (AvgIpc) is 2.55. The van der Waals surface area contributed by atoms with Crippen molar-refractivity contribution < 1.29 is 33.3 Å². The normalized spacial score (nSPS) is 27.3. The van der Waals surface area contributed by atoms with Crippen LogP contribution in [0.15, 0.2) is 5.11 Å². The molecular weight excluding hydrogens is 443 g/mol. The lowest BCUT2D eigenvalue weighted by atomic mass is 9.99. The highest BCUT2D eigenvalue weighted by molar-refractivity contribution is 6.76. The van der Waals surface area contributed by atoms with Crippen LogP contribution in [-0.4, -0.2) is 65.5 Å². The second kappa shape index (κ2) is 10.9. The summed E-state index contributed by atoms with van der Waals surface area (Å²) in [6, 6.07) is 0. The van der Waals surface area contributed by atoms with Crippen LogP contribution in [-0.2, 0) is 33.3 Å². The van der Waals surface area contributed by atoms with E-state index in [0.717, 1.165) is 6.92 Å². The second-order valence-corrected chi connectivity index (χ2v) is 7.87. The van der Waals surface area contributed by atoms with Crippen molar-refractivity contribution in [2.45, 2.75) is 55.3 Å². The molecule has 1 aliphatic rings. The van der Waals surface area contributed by atoms with Crippen molar-refractivity contribution in [1.29, 1.82) is 5.41 Å². The maximum absolute atomic E-state index is 11.6. The zero-order chi connectivity index (χ0) is 21.5. The number of nitrogens with one attached hydrogen (secondary N) is 1. The molecule has 1 fully saturated rings. The topological polar surface area (TPSA) is 153 Å². The highest BCUT2D eigenvalue weighted by Gasteiger charge is 2.51. The van der Waals surface area contributed by atoms with E-state index < -0.39 is 52.3 Å². The molecule has 0 unspecified atom stereocenters. The van der Waals surface area contributed by atoms with E-state index in [-0.39, 0.29) is 13.2 Å². The van der Waals surface area contributed by atoms with Crippen LogP contribution in [0.2, 0.25) is 0 Å². The fourth-order valence-electron chi connectivity index (χ4n) is 2.39. The summed E-state index contributed by atoms with van der Waals surface area (Å²) in [6.07, 6.45) is -5.53. The molecule has 0 amide bonds. The first kappa shape index (κ1) is 24.5. The minimum Gasteiger partial charge on any atom is -0.457 e. The fourth-order valence-corrected chi connectivity index (χ4v) is 2.52. The molecule has 0 bridgehead atoms. The van der Waals surface area contributed by atoms with Crippen molar-refractivity contribution >= 4 is 52.6 Å². The summed E-state index contributed by atoms with van der Waals surface area (Å²) < 4.78 is 24.7. The number of alkyl halides is 3. The van der Waals surface area contributed by atoms with Gasteiger partial charge < -0.3 is 23.7 Å². The summed E-state index contributed by atoms with van der Waals surface area (Å²) in [5.41, 5.74) is 8.37. The molecule has 1 aliphatic heterocycles. The molecule has 14 heteroatoms. The summed E-state index contributed by atoms with van der Waals surface area (Å²) in [4.78, 5) is 25.7. The van der Waals surface area contributed by atoms with E-state index in [2.05, 4.69) is 10.0 Å². The molecule has 0 radical (unpaired) electrons. The van der Waals surface area contributed by atoms with Crippen LogP contribution in [0.5, 0.6) is 0 Å². The molecule has 0 spiro atoms. The Morgan fingerprint density at radius 2 is 1.71 bits per heavy atom. The number of halogens is 3. The van der Waals surface area contributed by atoms with Gasteiger partial charge in [0.25, 0.3) is 3.79 Å². The van der Waals surface area contributed by atoms with Gasteiger partial charge in [0.05, 0.1) is 12.7 Å². The first-order valence-corrected chi connectivity index (χ1v) is 9.05. The van der Waals surface area contributed by atoms with E-state index in [0.29, 0.717) is 0 Å². The molecule has 1 heterocycles. The minimum absolute atomic E-state index is 0.0304. The third-order valence-electron chi connectivity index (χ3n) is 3.39. The van der Waals surface area contributed by atoms with E-state index in [1.54, 1.807) is 6.92 Å². The van der Waals surface area contributed by atoms with Crippen molar-refractivity contribution in [2.24, 2.45) is 5.11 Å². The smallest absolute Gasteiger partial charge is 0.303 e. The highest BCUT2D eigenvalue weighted by Crippen LogP contribution is 2.33. The largest absolute Gasteiger partial charge is 0.457 e. The number of hydrogen-bond acceptors (Lipinski definition) is 9. The Balaban J connectivity index is 3.16. The first-order chi connectivity index (χ1) is 13.0. The van der Waals surface area contributed by atoms with Gasteiger partial charge in [-0.1, -0.05) is 39.9 Å². The SMILES string of the molecule is CC(=O)O[C@H]1[C@@H](OC(=N)C(Cl)(Cl)Cl)O[C@H](C)[C@@H](OC(C)=O)[C@@H]1OCCN=[N+]=[N-]. The molecule has 11 nitrogen and oxygen atoms in total. The van der Waals surface area contributed by atoms with Crippen molar-refractivity contribution in [3.63, 3.8) is 0 Å². The molecule has 158 valence electrons. The zero-order valence-electron chi connectivity index (χ0n) is 15.1. The van der Waals surface area contributed by atoms with Crippen LogP contribution < -0.4 is 0 Å². The summed E-state index contributed by atoms with van der Waals surface area (Å²) >= 11 is 16.8. The van der Waals surface area contributed by atoms with Crippen LogP contribution in [0.1, 0.15) is 20.8 Å². The fraction of sp³-hybridized carbons (Fsp3) is 0.786. The maximum atomic E-state index is 11.6. The molecule has 28 heavy (non-hydrogen) atoms. The number of carbonyl (C=O) groups is 2. The molecule has 0 aromatic carbocycles. The summed E-state index contributed by atoms with van der Waals surface area (Å²) in [5.74, 6) is -2.12. The molecule has 1 saturated heterocycles. The quantitative estimate of drug-likeness (QED) is 0.0893. The predicted molar refractivity (Wildman–Crippen MR) is 98.3 cm³/mol. The molecule has 0 saturated carbocycles. The van der Waals surface area contributed by atoms with E-state index in [1.165, 1.54) is 6.92 Å². The highest BCUT2D eigenvalue weighted by atomic mass is 35.6. The Bertz CT molecular complexity index is 639. The van der Waals surface area contributed by atoms with Crippen molar-refractivity contribution in [1.82, 2.24) is 0 Å². The van der Waals surface area contributed by atoms with Gasteiger partial charge in [-0.2, -0.15) is 0 Å². The Morgan fingerprint density at radius 1 is 1.14 bits per heavy atom. The first-order valence-electron chi connectivity index (χ1n) is 7.92. The van der Waals surface area contributed by atoms with Gasteiger partial charge in [-0.3, -0.25) is 15.0 Å². The Morgan fingerprint density at radius 3 is 2.21 bits per heavy atom. The van der Waals surface area contributed by atoms with Gasteiger partial charge in [-0.15, -0.1) is 0 Å². The van der Waals surface area contributed by atoms with Gasteiger partial charge in [0.1, 0.15) is 6.10 Å². The number of nitrogens with zero attached hydrogens (tertiary/aromatic N) is 3. The maximum Gasteiger partial charge on any atom is 0.303 e. The third-order valence-corrected chi connectivity index (χ3v) is 3.90. The Labute approximate surface area is 175 Å². The third kappa shape index (κ3) is 7.50. The number of esters is 2. The van der Waals surface area contributed by atoms with E-state index >= 15 is 0 Å². The molecule has 1 rings (SSSR count). The second-order valence-electron chi connectivity index (χ2n) is 5.59. The summed E-state index contributed by atoms with van der Waals surface area (Å²) in [7, 11) is 0. The van der Waals surface area contributed by atoms with Crippen molar-refractivity contribution in [3.8, 4) is 0 Å². The average molecular weight is 462 g/mol. The van der Waals surface area contributed by atoms with Gasteiger partial charge in [0.15, 0.2) is 12.2 Å². The van der Waals surface area contributed by atoms with Gasteiger partial charge in [-0.05, 0) is 12.5 Å². The molecule has 0 aromatic heterocycles. The van der Waals surface area contributed by atoms with E-state index in [4.69, 9.17) is 69.4 Å². The number of hydrogen-bond donors (Lipinski definition) is 1. The minimum atomic E-state index is -2.18. The lowest BCUT2D eigenvalue weighted by Crippen LogP contribution is -2.61. The zero-order valence-corrected chi connectivity index (χ0v) is 17.4. The number of rotatable bonds is 7. The van der Waals surface area contributed by atoms with Crippen molar-refractivity contribution in [2.75, 3.05) is 13.2 Å². The lowest BCUT2D eigenvalue weighted by Gasteiger charge is -2.43. The van der Waals surface area contributed by atoms with Gasteiger partial charge in [0, 0.05) is 25.3 Å².